The Balaban J connectivity index is 2.29. The van der Waals surface area contributed by atoms with E-state index in [1.807, 2.05) is 18.2 Å². The van der Waals surface area contributed by atoms with Crippen LogP contribution in [-0.2, 0) is 21.5 Å². The van der Waals surface area contributed by atoms with Gasteiger partial charge in [-0.2, -0.15) is 0 Å². The maximum absolute atomic E-state index is 10.2. The molecular weight excluding hydrogens is 202 g/mol. The Labute approximate surface area is 95.2 Å². The number of ether oxygens (including phenoxy) is 1. The first-order valence-corrected chi connectivity index (χ1v) is 5.43. The molecule has 1 fully saturated rings. The van der Waals surface area contributed by atoms with Gasteiger partial charge in [0.1, 0.15) is 0 Å². The standard InChI is InChI=1S/C13H15NO2/c1-16-9-13(6-7-13)12-5-3-2-4-11(12)8-14-10-15/h2-5H,6-9H2,1H3. The van der Waals surface area contributed by atoms with Crippen molar-refractivity contribution in [1.82, 2.24) is 0 Å². The summed E-state index contributed by atoms with van der Waals surface area (Å²) in [6.07, 6.45) is 3.90. The summed E-state index contributed by atoms with van der Waals surface area (Å²) in [5.41, 5.74) is 2.56. The Morgan fingerprint density at radius 1 is 1.44 bits per heavy atom. The zero-order valence-electron chi connectivity index (χ0n) is 9.40. The van der Waals surface area contributed by atoms with Crippen molar-refractivity contribution in [2.75, 3.05) is 13.7 Å². The molecule has 1 aliphatic rings. The molecule has 1 saturated carbocycles. The fourth-order valence-corrected chi connectivity index (χ4v) is 2.21. The highest BCUT2D eigenvalue weighted by Gasteiger charge is 2.45. The number of benzene rings is 1. The van der Waals surface area contributed by atoms with Gasteiger partial charge in [0.15, 0.2) is 0 Å². The number of rotatable bonds is 5. The second-order valence-electron chi connectivity index (χ2n) is 4.28. The van der Waals surface area contributed by atoms with Gasteiger partial charge in [0, 0.05) is 12.5 Å². The fourth-order valence-electron chi connectivity index (χ4n) is 2.21. The number of hydrogen-bond acceptors (Lipinski definition) is 3. The largest absolute Gasteiger partial charge is 0.384 e. The third kappa shape index (κ3) is 2.06. The summed E-state index contributed by atoms with van der Waals surface area (Å²) in [4.78, 5) is 13.8. The minimum atomic E-state index is 0.170. The van der Waals surface area contributed by atoms with Gasteiger partial charge in [0.05, 0.1) is 13.2 Å². The number of isocyanates is 1. The van der Waals surface area contributed by atoms with Crippen molar-refractivity contribution in [3.63, 3.8) is 0 Å². The van der Waals surface area contributed by atoms with Gasteiger partial charge in [0.25, 0.3) is 0 Å². The van der Waals surface area contributed by atoms with E-state index in [0.29, 0.717) is 6.54 Å². The second-order valence-corrected chi connectivity index (χ2v) is 4.28. The number of carbonyl (C=O) groups excluding carboxylic acids is 1. The van der Waals surface area contributed by atoms with Gasteiger partial charge in [-0.15, -0.1) is 0 Å². The highest BCUT2D eigenvalue weighted by molar-refractivity contribution is 5.40. The van der Waals surface area contributed by atoms with Gasteiger partial charge in [0.2, 0.25) is 6.08 Å². The molecule has 0 unspecified atom stereocenters. The van der Waals surface area contributed by atoms with E-state index in [9.17, 15) is 4.79 Å². The predicted molar refractivity (Wildman–Crippen MR) is 61.1 cm³/mol. The molecule has 3 heteroatoms. The molecule has 0 aromatic heterocycles. The Hall–Kier alpha value is -1.44. The highest BCUT2D eigenvalue weighted by atomic mass is 16.5. The van der Waals surface area contributed by atoms with Gasteiger partial charge in [-0.1, -0.05) is 24.3 Å². The van der Waals surface area contributed by atoms with Gasteiger partial charge < -0.3 is 4.74 Å². The van der Waals surface area contributed by atoms with Crippen molar-refractivity contribution in [3.8, 4) is 0 Å². The van der Waals surface area contributed by atoms with Crippen LogP contribution < -0.4 is 0 Å². The van der Waals surface area contributed by atoms with Gasteiger partial charge in [-0.05, 0) is 24.0 Å². The molecule has 2 rings (SSSR count). The summed E-state index contributed by atoms with van der Waals surface area (Å²) < 4.78 is 5.28. The van der Waals surface area contributed by atoms with Crippen LogP contribution in [0.25, 0.3) is 0 Å². The molecule has 0 N–H and O–H groups in total. The van der Waals surface area contributed by atoms with E-state index < -0.39 is 0 Å². The van der Waals surface area contributed by atoms with Crippen LogP contribution in [0.2, 0.25) is 0 Å². The van der Waals surface area contributed by atoms with Crippen molar-refractivity contribution >= 4 is 6.08 Å². The van der Waals surface area contributed by atoms with Gasteiger partial charge in [-0.3, -0.25) is 0 Å². The van der Waals surface area contributed by atoms with Crippen molar-refractivity contribution < 1.29 is 9.53 Å². The minimum absolute atomic E-state index is 0.170. The lowest BCUT2D eigenvalue weighted by molar-refractivity contribution is 0.171. The molecule has 16 heavy (non-hydrogen) atoms. The molecule has 1 aromatic rings. The minimum Gasteiger partial charge on any atom is -0.384 e. The van der Waals surface area contributed by atoms with Crippen molar-refractivity contribution in [3.05, 3.63) is 35.4 Å². The van der Waals surface area contributed by atoms with E-state index in [2.05, 4.69) is 11.1 Å². The van der Waals surface area contributed by atoms with E-state index in [0.717, 1.165) is 25.0 Å². The summed E-state index contributed by atoms with van der Waals surface area (Å²) in [6.45, 7) is 1.17. The van der Waals surface area contributed by atoms with Crippen molar-refractivity contribution in [1.29, 1.82) is 0 Å². The average Bonchev–Trinajstić information content (AvgIpc) is 3.08. The van der Waals surface area contributed by atoms with E-state index in [1.165, 1.54) is 5.56 Å². The number of methoxy groups -OCH3 is 1. The quantitative estimate of drug-likeness (QED) is 0.560. The summed E-state index contributed by atoms with van der Waals surface area (Å²) >= 11 is 0. The van der Waals surface area contributed by atoms with Crippen LogP contribution in [0.1, 0.15) is 24.0 Å². The van der Waals surface area contributed by atoms with Crippen molar-refractivity contribution in [2.24, 2.45) is 4.99 Å². The SMILES string of the molecule is COCC1(c2ccccc2CN=C=O)CC1. The summed E-state index contributed by atoms with van der Waals surface area (Å²) in [6, 6.07) is 8.13. The zero-order valence-corrected chi connectivity index (χ0v) is 9.40. The first-order valence-electron chi connectivity index (χ1n) is 5.43. The summed E-state index contributed by atoms with van der Waals surface area (Å²) in [5, 5.41) is 0. The van der Waals surface area contributed by atoms with E-state index >= 15 is 0 Å². The molecule has 1 aliphatic carbocycles. The average molecular weight is 217 g/mol. The van der Waals surface area contributed by atoms with E-state index in [-0.39, 0.29) is 5.41 Å². The molecule has 1 aromatic carbocycles. The van der Waals surface area contributed by atoms with Crippen LogP contribution in [0.4, 0.5) is 0 Å². The lowest BCUT2D eigenvalue weighted by Crippen LogP contribution is -2.16. The zero-order chi connectivity index (χ0) is 11.4. The Morgan fingerprint density at radius 2 is 2.19 bits per heavy atom. The molecule has 0 bridgehead atoms. The van der Waals surface area contributed by atoms with E-state index in [4.69, 9.17) is 4.74 Å². The molecule has 0 heterocycles. The van der Waals surface area contributed by atoms with Crippen LogP contribution in [0.3, 0.4) is 0 Å². The van der Waals surface area contributed by atoms with Crippen LogP contribution in [0, 0.1) is 0 Å². The van der Waals surface area contributed by atoms with Gasteiger partial charge in [-0.25, -0.2) is 9.79 Å². The molecule has 0 spiro atoms. The maximum Gasteiger partial charge on any atom is 0.235 e. The normalized spacial score (nSPS) is 16.6. The highest BCUT2D eigenvalue weighted by Crippen LogP contribution is 2.49. The van der Waals surface area contributed by atoms with Crippen LogP contribution in [0.15, 0.2) is 29.3 Å². The van der Waals surface area contributed by atoms with Crippen LogP contribution >= 0.6 is 0 Å². The molecule has 0 amide bonds. The number of aliphatic imine (C=N–C) groups is 1. The Bertz CT molecular complexity index is 418. The fraction of sp³-hybridized carbons (Fsp3) is 0.462. The third-order valence-corrected chi connectivity index (χ3v) is 3.18. The van der Waals surface area contributed by atoms with Crippen LogP contribution in [-0.4, -0.2) is 19.8 Å². The number of nitrogens with zero attached hydrogens (tertiary/aromatic N) is 1. The molecule has 0 aliphatic heterocycles. The molecule has 0 radical (unpaired) electrons. The Morgan fingerprint density at radius 3 is 2.81 bits per heavy atom. The first kappa shape index (κ1) is 11.1. The molecule has 84 valence electrons. The molecule has 3 nitrogen and oxygen atoms in total. The topological polar surface area (TPSA) is 38.7 Å². The summed E-state index contributed by atoms with van der Waals surface area (Å²) in [5.74, 6) is 0. The van der Waals surface area contributed by atoms with Gasteiger partial charge >= 0.3 is 0 Å². The lowest BCUT2D eigenvalue weighted by Gasteiger charge is -2.17. The summed E-state index contributed by atoms with van der Waals surface area (Å²) in [7, 11) is 1.73. The second kappa shape index (κ2) is 4.60. The smallest absolute Gasteiger partial charge is 0.235 e. The monoisotopic (exact) mass is 217 g/mol. The van der Waals surface area contributed by atoms with Crippen LogP contribution in [0.5, 0.6) is 0 Å². The molecule has 0 atom stereocenters. The van der Waals surface area contributed by atoms with Crippen molar-refractivity contribution in [2.45, 2.75) is 24.8 Å². The lowest BCUT2D eigenvalue weighted by atomic mass is 9.92. The number of hydrogen-bond donors (Lipinski definition) is 0. The predicted octanol–water partition coefficient (Wildman–Crippen LogP) is 2.20. The molecule has 0 saturated heterocycles. The van der Waals surface area contributed by atoms with E-state index in [1.54, 1.807) is 13.2 Å². The first-order chi connectivity index (χ1) is 7.82. The maximum atomic E-state index is 10.2. The Kier molecular flexibility index (Phi) is 3.18. The third-order valence-electron chi connectivity index (χ3n) is 3.18. The molecular formula is C13H15NO2.